The summed E-state index contributed by atoms with van der Waals surface area (Å²) in [4.78, 5) is 15.2. The standard InChI is InChI=1S/C9H16N2O2/c12-9-11(6-7-13-9)8-10-4-2-1-3-5-10/h1-8H2. The molecule has 0 aromatic heterocycles. The second-order valence-corrected chi connectivity index (χ2v) is 3.70. The quantitative estimate of drug-likeness (QED) is 0.638. The zero-order valence-corrected chi connectivity index (χ0v) is 7.87. The summed E-state index contributed by atoms with van der Waals surface area (Å²) in [5, 5.41) is 0. The highest BCUT2D eigenvalue weighted by Gasteiger charge is 2.24. The molecule has 0 saturated carbocycles. The van der Waals surface area contributed by atoms with Crippen LogP contribution in [0.2, 0.25) is 0 Å². The third-order valence-corrected chi connectivity index (χ3v) is 2.66. The number of amides is 1. The van der Waals surface area contributed by atoms with Gasteiger partial charge in [-0.3, -0.25) is 9.80 Å². The summed E-state index contributed by atoms with van der Waals surface area (Å²) in [5.41, 5.74) is 0. The first-order valence-corrected chi connectivity index (χ1v) is 5.00. The minimum atomic E-state index is -0.148. The maximum absolute atomic E-state index is 11.1. The average molecular weight is 184 g/mol. The van der Waals surface area contributed by atoms with Gasteiger partial charge in [-0.15, -0.1) is 0 Å². The van der Waals surface area contributed by atoms with Gasteiger partial charge in [0.25, 0.3) is 0 Å². The maximum Gasteiger partial charge on any atom is 0.410 e. The van der Waals surface area contributed by atoms with Crippen molar-refractivity contribution in [3.63, 3.8) is 0 Å². The topological polar surface area (TPSA) is 32.8 Å². The van der Waals surface area contributed by atoms with E-state index < -0.39 is 0 Å². The highest BCUT2D eigenvalue weighted by molar-refractivity contribution is 5.69. The van der Waals surface area contributed by atoms with Crippen LogP contribution < -0.4 is 0 Å². The number of carbonyl (C=O) groups excluding carboxylic acids is 1. The van der Waals surface area contributed by atoms with Crippen molar-refractivity contribution in [2.75, 3.05) is 32.9 Å². The number of nitrogens with zero attached hydrogens (tertiary/aromatic N) is 2. The summed E-state index contributed by atoms with van der Waals surface area (Å²) in [6.45, 7) is 4.34. The highest BCUT2D eigenvalue weighted by Crippen LogP contribution is 2.11. The van der Waals surface area contributed by atoms with Crippen LogP contribution in [0.3, 0.4) is 0 Å². The van der Waals surface area contributed by atoms with Crippen molar-refractivity contribution in [1.29, 1.82) is 0 Å². The second kappa shape index (κ2) is 3.96. The number of likely N-dealkylation sites (tertiary alicyclic amines) is 1. The van der Waals surface area contributed by atoms with Crippen molar-refractivity contribution in [3.8, 4) is 0 Å². The fraction of sp³-hybridized carbons (Fsp3) is 0.889. The third kappa shape index (κ3) is 2.12. The Kier molecular flexibility index (Phi) is 2.68. The van der Waals surface area contributed by atoms with E-state index in [1.807, 2.05) is 0 Å². The molecule has 0 aromatic rings. The normalized spacial score (nSPS) is 24.9. The Balaban J connectivity index is 1.79. The number of ether oxygens (including phenoxy) is 1. The molecule has 2 fully saturated rings. The molecule has 2 aliphatic rings. The summed E-state index contributed by atoms with van der Waals surface area (Å²) in [6.07, 6.45) is 3.72. The van der Waals surface area contributed by atoms with E-state index in [4.69, 9.17) is 4.74 Å². The summed E-state index contributed by atoms with van der Waals surface area (Å²) in [6, 6.07) is 0. The third-order valence-electron chi connectivity index (χ3n) is 2.66. The first kappa shape index (κ1) is 8.81. The molecular formula is C9H16N2O2. The van der Waals surface area contributed by atoms with E-state index in [2.05, 4.69) is 4.90 Å². The van der Waals surface area contributed by atoms with Gasteiger partial charge < -0.3 is 4.74 Å². The fourth-order valence-electron chi connectivity index (χ4n) is 1.90. The predicted octanol–water partition coefficient (Wildman–Crippen LogP) is 0.882. The molecule has 1 amide bonds. The van der Waals surface area contributed by atoms with Gasteiger partial charge in [-0.05, 0) is 25.9 Å². The Morgan fingerprint density at radius 1 is 1.15 bits per heavy atom. The minimum Gasteiger partial charge on any atom is -0.447 e. The fourth-order valence-corrected chi connectivity index (χ4v) is 1.90. The number of carbonyl (C=O) groups is 1. The zero-order valence-electron chi connectivity index (χ0n) is 7.87. The van der Waals surface area contributed by atoms with Crippen molar-refractivity contribution in [2.24, 2.45) is 0 Å². The van der Waals surface area contributed by atoms with E-state index in [1.54, 1.807) is 4.90 Å². The van der Waals surface area contributed by atoms with Crippen LogP contribution in [0, 0.1) is 0 Å². The number of piperidine rings is 1. The molecule has 0 aromatic carbocycles. The Hall–Kier alpha value is -0.770. The highest BCUT2D eigenvalue weighted by atomic mass is 16.6. The Bertz CT molecular complexity index is 190. The van der Waals surface area contributed by atoms with Crippen LogP contribution in [-0.4, -0.2) is 48.8 Å². The summed E-state index contributed by atoms with van der Waals surface area (Å²) >= 11 is 0. The minimum absolute atomic E-state index is 0.148. The molecule has 2 aliphatic heterocycles. The van der Waals surface area contributed by atoms with E-state index >= 15 is 0 Å². The Labute approximate surface area is 78.4 Å². The van der Waals surface area contributed by atoms with E-state index in [0.717, 1.165) is 26.3 Å². The van der Waals surface area contributed by atoms with Crippen molar-refractivity contribution >= 4 is 6.09 Å². The van der Waals surface area contributed by atoms with Crippen LogP contribution in [0.15, 0.2) is 0 Å². The van der Waals surface area contributed by atoms with E-state index in [0.29, 0.717) is 6.61 Å². The molecule has 4 heteroatoms. The smallest absolute Gasteiger partial charge is 0.410 e. The van der Waals surface area contributed by atoms with Gasteiger partial charge in [-0.2, -0.15) is 0 Å². The van der Waals surface area contributed by atoms with Gasteiger partial charge >= 0.3 is 6.09 Å². The van der Waals surface area contributed by atoms with Crippen LogP contribution in [0.4, 0.5) is 4.79 Å². The van der Waals surface area contributed by atoms with Gasteiger partial charge in [0.05, 0.1) is 13.2 Å². The molecule has 0 spiro atoms. The van der Waals surface area contributed by atoms with Crippen molar-refractivity contribution < 1.29 is 9.53 Å². The molecular weight excluding hydrogens is 168 g/mol. The molecule has 0 N–H and O–H groups in total. The molecule has 2 heterocycles. The monoisotopic (exact) mass is 184 g/mol. The van der Waals surface area contributed by atoms with Gasteiger partial charge in [0.15, 0.2) is 0 Å². The summed E-state index contributed by atoms with van der Waals surface area (Å²) < 4.78 is 4.87. The molecule has 2 rings (SSSR count). The van der Waals surface area contributed by atoms with Crippen LogP contribution in [0.5, 0.6) is 0 Å². The molecule has 0 unspecified atom stereocenters. The van der Waals surface area contributed by atoms with Crippen LogP contribution in [-0.2, 0) is 4.74 Å². The van der Waals surface area contributed by atoms with E-state index in [-0.39, 0.29) is 6.09 Å². The number of cyclic esters (lactones) is 1. The molecule has 0 aliphatic carbocycles. The van der Waals surface area contributed by atoms with E-state index in [1.165, 1.54) is 19.3 Å². The largest absolute Gasteiger partial charge is 0.447 e. The first-order valence-electron chi connectivity index (χ1n) is 5.00. The predicted molar refractivity (Wildman–Crippen MR) is 48.3 cm³/mol. The molecule has 13 heavy (non-hydrogen) atoms. The SMILES string of the molecule is O=C1OCCN1CN1CCCCC1. The van der Waals surface area contributed by atoms with Crippen LogP contribution >= 0.6 is 0 Å². The Morgan fingerprint density at radius 3 is 2.54 bits per heavy atom. The van der Waals surface area contributed by atoms with Crippen LogP contribution in [0.25, 0.3) is 0 Å². The Morgan fingerprint density at radius 2 is 1.92 bits per heavy atom. The molecule has 74 valence electrons. The molecule has 2 saturated heterocycles. The van der Waals surface area contributed by atoms with Gasteiger partial charge in [0.1, 0.15) is 6.61 Å². The lowest BCUT2D eigenvalue weighted by Gasteiger charge is -2.29. The zero-order chi connectivity index (χ0) is 9.10. The van der Waals surface area contributed by atoms with E-state index in [9.17, 15) is 4.79 Å². The lowest BCUT2D eigenvalue weighted by atomic mass is 10.1. The maximum atomic E-state index is 11.1. The number of rotatable bonds is 2. The van der Waals surface area contributed by atoms with Crippen molar-refractivity contribution in [1.82, 2.24) is 9.80 Å². The van der Waals surface area contributed by atoms with Crippen molar-refractivity contribution in [3.05, 3.63) is 0 Å². The first-order chi connectivity index (χ1) is 6.36. The molecule has 4 nitrogen and oxygen atoms in total. The van der Waals surface area contributed by atoms with Gasteiger partial charge in [-0.25, -0.2) is 4.79 Å². The number of hydrogen-bond acceptors (Lipinski definition) is 3. The van der Waals surface area contributed by atoms with Gasteiger partial charge in [-0.1, -0.05) is 6.42 Å². The number of hydrogen-bond donors (Lipinski definition) is 0. The van der Waals surface area contributed by atoms with Crippen molar-refractivity contribution in [2.45, 2.75) is 19.3 Å². The summed E-state index contributed by atoms with van der Waals surface area (Å²) in [7, 11) is 0. The average Bonchev–Trinajstić information content (AvgIpc) is 2.54. The second-order valence-electron chi connectivity index (χ2n) is 3.70. The molecule has 0 atom stereocenters. The summed E-state index contributed by atoms with van der Waals surface area (Å²) in [5.74, 6) is 0. The molecule has 0 radical (unpaired) electrons. The molecule has 0 bridgehead atoms. The lowest BCUT2D eigenvalue weighted by Crippen LogP contribution is -2.41. The lowest BCUT2D eigenvalue weighted by molar-refractivity contribution is 0.120. The van der Waals surface area contributed by atoms with Gasteiger partial charge in [0, 0.05) is 0 Å². The van der Waals surface area contributed by atoms with Gasteiger partial charge in [0.2, 0.25) is 0 Å². The van der Waals surface area contributed by atoms with Crippen LogP contribution in [0.1, 0.15) is 19.3 Å².